The Kier molecular flexibility index (Phi) is 6.19. The van der Waals surface area contributed by atoms with Gasteiger partial charge in [0.1, 0.15) is 5.82 Å². The third-order valence-corrected chi connectivity index (χ3v) is 4.92. The number of carboxylic acids is 1. The first-order chi connectivity index (χ1) is 13.0. The number of carbonyl (C=O) groups is 2. The fraction of sp³-hybridized carbons (Fsp3) is 0.333. The maximum Gasteiger partial charge on any atom is 0.336 e. The van der Waals surface area contributed by atoms with Crippen molar-refractivity contribution >= 4 is 11.9 Å². The number of hydrogen-bond acceptors (Lipinski definition) is 3. The lowest BCUT2D eigenvalue weighted by atomic mass is 10.00. The highest BCUT2D eigenvalue weighted by molar-refractivity contribution is 5.89. The van der Waals surface area contributed by atoms with E-state index in [4.69, 9.17) is 0 Å². The molecule has 6 heteroatoms. The Morgan fingerprint density at radius 3 is 2.59 bits per heavy atom. The molecule has 1 unspecified atom stereocenters. The van der Waals surface area contributed by atoms with Crippen molar-refractivity contribution in [3.8, 4) is 0 Å². The average molecular weight is 370 g/mol. The van der Waals surface area contributed by atoms with Gasteiger partial charge in [0.15, 0.2) is 0 Å². The molecular weight excluding hydrogens is 347 g/mol. The lowest BCUT2D eigenvalue weighted by molar-refractivity contribution is -0.128. The van der Waals surface area contributed by atoms with Crippen molar-refractivity contribution in [2.24, 2.45) is 0 Å². The van der Waals surface area contributed by atoms with Gasteiger partial charge in [-0.2, -0.15) is 0 Å². The molecule has 0 bridgehead atoms. The van der Waals surface area contributed by atoms with Gasteiger partial charge in [-0.15, -0.1) is 0 Å². The van der Waals surface area contributed by atoms with E-state index >= 15 is 0 Å². The van der Waals surface area contributed by atoms with Crippen LogP contribution in [0.15, 0.2) is 48.5 Å². The third kappa shape index (κ3) is 4.92. The van der Waals surface area contributed by atoms with Gasteiger partial charge >= 0.3 is 5.97 Å². The first-order valence-corrected chi connectivity index (χ1v) is 9.12. The Hall–Kier alpha value is -2.73. The van der Waals surface area contributed by atoms with Crippen molar-refractivity contribution < 1.29 is 19.1 Å². The number of halogens is 1. The van der Waals surface area contributed by atoms with Crippen LogP contribution < -0.4 is 5.32 Å². The molecule has 3 rings (SSSR count). The monoisotopic (exact) mass is 370 g/mol. The van der Waals surface area contributed by atoms with Crippen molar-refractivity contribution in [3.63, 3.8) is 0 Å². The Balaban J connectivity index is 1.65. The zero-order valence-corrected chi connectivity index (χ0v) is 15.0. The van der Waals surface area contributed by atoms with E-state index in [-0.39, 0.29) is 29.9 Å². The van der Waals surface area contributed by atoms with E-state index in [2.05, 4.69) is 10.2 Å². The van der Waals surface area contributed by atoms with E-state index in [1.54, 1.807) is 30.3 Å². The molecule has 1 amide bonds. The van der Waals surface area contributed by atoms with Crippen LogP contribution in [0.4, 0.5) is 4.39 Å². The maximum atomic E-state index is 13.1. The van der Waals surface area contributed by atoms with E-state index in [0.717, 1.165) is 31.4 Å². The summed E-state index contributed by atoms with van der Waals surface area (Å²) in [7, 11) is 0. The van der Waals surface area contributed by atoms with Gasteiger partial charge in [0.25, 0.3) is 0 Å². The molecule has 0 aliphatic carbocycles. The molecule has 27 heavy (non-hydrogen) atoms. The first kappa shape index (κ1) is 19.0. The summed E-state index contributed by atoms with van der Waals surface area (Å²) in [5, 5.41) is 12.1. The zero-order valence-electron chi connectivity index (χ0n) is 15.0. The smallest absolute Gasteiger partial charge is 0.336 e. The summed E-state index contributed by atoms with van der Waals surface area (Å²) in [5.74, 6) is -1.38. The fourth-order valence-electron chi connectivity index (χ4n) is 3.48. The molecular formula is C21H23FN2O3. The minimum absolute atomic E-state index is 0.1000. The van der Waals surface area contributed by atoms with Crippen LogP contribution >= 0.6 is 0 Å². The lowest BCUT2D eigenvalue weighted by Crippen LogP contribution is -2.48. The summed E-state index contributed by atoms with van der Waals surface area (Å²) < 4.78 is 13.1. The zero-order chi connectivity index (χ0) is 19.2. The normalized spacial score (nSPS) is 17.4. The van der Waals surface area contributed by atoms with Gasteiger partial charge in [-0.1, -0.05) is 36.8 Å². The minimum Gasteiger partial charge on any atom is -0.478 e. The second-order valence-electron chi connectivity index (χ2n) is 6.79. The summed E-state index contributed by atoms with van der Waals surface area (Å²) in [6.07, 6.45) is 2.75. The highest BCUT2D eigenvalue weighted by Gasteiger charge is 2.28. The molecule has 1 atom stereocenters. The molecule has 0 aromatic heterocycles. The van der Waals surface area contributed by atoms with Crippen LogP contribution in [0.25, 0.3) is 0 Å². The lowest BCUT2D eigenvalue weighted by Gasteiger charge is -2.34. The molecule has 5 nitrogen and oxygen atoms in total. The van der Waals surface area contributed by atoms with Crippen LogP contribution in [0.1, 0.15) is 40.7 Å². The summed E-state index contributed by atoms with van der Waals surface area (Å²) in [6, 6.07) is 12.7. The highest BCUT2D eigenvalue weighted by atomic mass is 19.1. The highest BCUT2D eigenvalue weighted by Crippen LogP contribution is 2.20. The number of carbonyl (C=O) groups excluding carboxylic acids is 1. The standard InChI is InChI=1S/C21H23FN2O3/c22-17-10-8-15(9-11-17)14-24-12-4-3-7-19(24)20(25)23-13-16-5-1-2-6-18(16)21(26)27/h1-2,5-6,8-11,19H,3-4,7,12-14H2,(H,23,25)(H,26,27). The number of nitrogens with zero attached hydrogens (tertiary/aromatic N) is 1. The molecule has 2 aromatic carbocycles. The second-order valence-corrected chi connectivity index (χ2v) is 6.79. The van der Waals surface area contributed by atoms with Gasteiger partial charge in [-0.05, 0) is 48.7 Å². The average Bonchev–Trinajstić information content (AvgIpc) is 2.68. The summed E-state index contributed by atoms with van der Waals surface area (Å²) in [5.41, 5.74) is 1.75. The largest absolute Gasteiger partial charge is 0.478 e. The van der Waals surface area contributed by atoms with Gasteiger partial charge in [-0.3, -0.25) is 9.69 Å². The predicted octanol–water partition coefficient (Wildman–Crippen LogP) is 3.19. The SMILES string of the molecule is O=C(O)c1ccccc1CNC(=O)C1CCCCN1Cc1ccc(F)cc1. The Morgan fingerprint density at radius 1 is 1.11 bits per heavy atom. The topological polar surface area (TPSA) is 69.6 Å². The van der Waals surface area contributed by atoms with Gasteiger partial charge in [0.2, 0.25) is 5.91 Å². The van der Waals surface area contributed by atoms with E-state index < -0.39 is 5.97 Å². The maximum absolute atomic E-state index is 13.1. The molecule has 1 aliphatic heterocycles. The van der Waals surface area contributed by atoms with Crippen LogP contribution in [-0.4, -0.2) is 34.5 Å². The molecule has 1 aliphatic rings. The molecule has 142 valence electrons. The van der Waals surface area contributed by atoms with E-state index in [1.807, 2.05) is 0 Å². The second kappa shape index (κ2) is 8.77. The number of aromatic carboxylic acids is 1. The van der Waals surface area contributed by atoms with E-state index in [1.165, 1.54) is 18.2 Å². The van der Waals surface area contributed by atoms with E-state index in [9.17, 15) is 19.1 Å². The Labute approximate surface area is 157 Å². The number of benzene rings is 2. The molecule has 1 fully saturated rings. The first-order valence-electron chi connectivity index (χ1n) is 9.12. The van der Waals surface area contributed by atoms with Crippen molar-refractivity contribution in [2.45, 2.75) is 38.4 Å². The third-order valence-electron chi connectivity index (χ3n) is 4.92. The molecule has 1 heterocycles. The number of likely N-dealkylation sites (tertiary alicyclic amines) is 1. The van der Waals surface area contributed by atoms with Crippen LogP contribution in [0, 0.1) is 5.82 Å². The molecule has 0 spiro atoms. The van der Waals surface area contributed by atoms with Crippen LogP contribution in [0.5, 0.6) is 0 Å². The molecule has 1 saturated heterocycles. The van der Waals surface area contributed by atoms with Gasteiger partial charge < -0.3 is 10.4 Å². The number of carboxylic acid groups (broad SMARTS) is 1. The molecule has 2 N–H and O–H groups in total. The van der Waals surface area contributed by atoms with Crippen LogP contribution in [0.2, 0.25) is 0 Å². The molecule has 2 aromatic rings. The Morgan fingerprint density at radius 2 is 1.85 bits per heavy atom. The molecule has 0 radical (unpaired) electrons. The van der Waals surface area contributed by atoms with Gasteiger partial charge in [0.05, 0.1) is 11.6 Å². The quantitative estimate of drug-likeness (QED) is 0.819. The summed E-state index contributed by atoms with van der Waals surface area (Å²) >= 11 is 0. The van der Waals surface area contributed by atoms with Crippen LogP contribution in [0.3, 0.4) is 0 Å². The number of hydrogen-bond donors (Lipinski definition) is 2. The summed E-state index contributed by atoms with van der Waals surface area (Å²) in [6.45, 7) is 1.58. The number of nitrogens with one attached hydrogen (secondary N) is 1. The predicted molar refractivity (Wildman–Crippen MR) is 99.7 cm³/mol. The Bertz CT molecular complexity index is 807. The van der Waals surface area contributed by atoms with Crippen molar-refractivity contribution in [1.29, 1.82) is 0 Å². The number of amides is 1. The summed E-state index contributed by atoms with van der Waals surface area (Å²) in [4.78, 5) is 26.2. The van der Waals surface area contributed by atoms with E-state index in [0.29, 0.717) is 12.1 Å². The van der Waals surface area contributed by atoms with Crippen molar-refractivity contribution in [2.75, 3.05) is 6.54 Å². The van der Waals surface area contributed by atoms with Gasteiger partial charge in [-0.25, -0.2) is 9.18 Å². The van der Waals surface area contributed by atoms with Crippen LogP contribution in [-0.2, 0) is 17.9 Å². The van der Waals surface area contributed by atoms with Crippen molar-refractivity contribution in [3.05, 3.63) is 71.0 Å². The van der Waals surface area contributed by atoms with Crippen molar-refractivity contribution in [1.82, 2.24) is 10.2 Å². The number of piperidine rings is 1. The van der Waals surface area contributed by atoms with Gasteiger partial charge in [0, 0.05) is 13.1 Å². The molecule has 0 saturated carbocycles. The number of rotatable bonds is 6. The fourth-order valence-corrected chi connectivity index (χ4v) is 3.48. The minimum atomic E-state index is -1.00.